The molecule has 0 radical (unpaired) electrons. The molecule has 0 fully saturated rings. The molecule has 0 bridgehead atoms. The molecule has 2 N–H and O–H groups in total. The largest absolute Gasteiger partial charge is 0.399 e. The van der Waals surface area contributed by atoms with E-state index in [1.165, 1.54) is 12.8 Å². The fraction of sp³-hybridized carbons (Fsp3) is 0.538. The van der Waals surface area contributed by atoms with E-state index in [1.54, 1.807) is 6.07 Å². The predicted octanol–water partition coefficient (Wildman–Crippen LogP) is 3.88. The molecule has 0 amide bonds. The van der Waals surface area contributed by atoms with Crippen molar-refractivity contribution in [3.63, 3.8) is 0 Å². The lowest BCUT2D eigenvalue weighted by molar-refractivity contribution is 0.0894. The average Bonchev–Trinajstić information content (AvgIpc) is 2.22. The molecule has 1 aromatic rings. The maximum atomic E-state index is 6.05. The van der Waals surface area contributed by atoms with Crippen molar-refractivity contribution in [3.05, 3.63) is 28.8 Å². The fourth-order valence-electron chi connectivity index (χ4n) is 1.63. The average molecular weight is 242 g/mol. The first kappa shape index (κ1) is 13.3. The van der Waals surface area contributed by atoms with Gasteiger partial charge in [0, 0.05) is 17.3 Å². The van der Waals surface area contributed by atoms with Gasteiger partial charge in [0.15, 0.2) is 0 Å². The molecule has 0 saturated carbocycles. The van der Waals surface area contributed by atoms with E-state index in [2.05, 4.69) is 13.8 Å². The molecule has 0 saturated heterocycles. The fourth-order valence-corrected chi connectivity index (χ4v) is 1.87. The molecule has 1 rings (SSSR count). The first-order valence-corrected chi connectivity index (χ1v) is 6.13. The summed E-state index contributed by atoms with van der Waals surface area (Å²) in [6, 6.07) is 5.53. The second kappa shape index (κ2) is 6.77. The molecule has 0 heterocycles. The van der Waals surface area contributed by atoms with Gasteiger partial charge in [-0.3, -0.25) is 0 Å². The van der Waals surface area contributed by atoms with Crippen LogP contribution in [0, 0.1) is 5.92 Å². The maximum absolute atomic E-state index is 6.05. The van der Waals surface area contributed by atoms with Crippen molar-refractivity contribution in [2.75, 3.05) is 12.3 Å². The molecular formula is C13H20ClNO. The summed E-state index contributed by atoms with van der Waals surface area (Å²) >= 11 is 6.05. The molecule has 0 aliphatic heterocycles. The summed E-state index contributed by atoms with van der Waals surface area (Å²) in [6.07, 6.45) is 2.41. The number of nitrogens with two attached hydrogens (primary N) is 1. The Bertz CT molecular complexity index is 328. The SMILES string of the molecule is CCCC(C)COCc1ccc(N)cc1Cl. The molecule has 3 heteroatoms. The summed E-state index contributed by atoms with van der Waals surface area (Å²) in [7, 11) is 0. The third-order valence-electron chi connectivity index (χ3n) is 2.52. The zero-order valence-electron chi connectivity index (χ0n) is 10.0. The lowest BCUT2D eigenvalue weighted by atomic mass is 10.1. The molecule has 2 nitrogen and oxygen atoms in total. The summed E-state index contributed by atoms with van der Waals surface area (Å²) in [6.45, 7) is 5.74. The molecule has 0 aliphatic carbocycles. The number of hydrogen-bond donors (Lipinski definition) is 1. The Labute approximate surface area is 103 Å². The van der Waals surface area contributed by atoms with Gasteiger partial charge in [0.2, 0.25) is 0 Å². The molecular weight excluding hydrogens is 222 g/mol. The van der Waals surface area contributed by atoms with Crippen LogP contribution in [0.25, 0.3) is 0 Å². The highest BCUT2D eigenvalue weighted by atomic mass is 35.5. The van der Waals surface area contributed by atoms with Gasteiger partial charge >= 0.3 is 0 Å². The van der Waals surface area contributed by atoms with E-state index >= 15 is 0 Å². The van der Waals surface area contributed by atoms with Crippen LogP contribution in [0.15, 0.2) is 18.2 Å². The number of anilines is 1. The van der Waals surface area contributed by atoms with Crippen molar-refractivity contribution in [3.8, 4) is 0 Å². The number of benzene rings is 1. The molecule has 1 aromatic carbocycles. The van der Waals surface area contributed by atoms with Crippen molar-refractivity contribution in [1.82, 2.24) is 0 Å². The Balaban J connectivity index is 2.37. The topological polar surface area (TPSA) is 35.2 Å². The summed E-state index contributed by atoms with van der Waals surface area (Å²) in [4.78, 5) is 0. The van der Waals surface area contributed by atoms with Crippen molar-refractivity contribution < 1.29 is 4.74 Å². The minimum absolute atomic E-state index is 0.563. The van der Waals surface area contributed by atoms with Gasteiger partial charge in [0.25, 0.3) is 0 Å². The molecule has 0 aliphatic rings. The van der Waals surface area contributed by atoms with Crippen molar-refractivity contribution in [1.29, 1.82) is 0 Å². The lowest BCUT2D eigenvalue weighted by Gasteiger charge is -2.11. The highest BCUT2D eigenvalue weighted by Crippen LogP contribution is 2.20. The summed E-state index contributed by atoms with van der Waals surface area (Å²) < 4.78 is 5.63. The molecule has 16 heavy (non-hydrogen) atoms. The van der Waals surface area contributed by atoms with Gasteiger partial charge in [-0.25, -0.2) is 0 Å². The summed E-state index contributed by atoms with van der Waals surface area (Å²) in [5.41, 5.74) is 7.31. The van der Waals surface area contributed by atoms with Crippen molar-refractivity contribution in [2.45, 2.75) is 33.3 Å². The highest BCUT2D eigenvalue weighted by Gasteiger charge is 2.03. The van der Waals surface area contributed by atoms with Gasteiger partial charge in [0.05, 0.1) is 6.61 Å². The highest BCUT2D eigenvalue weighted by molar-refractivity contribution is 6.31. The minimum atomic E-state index is 0.563. The lowest BCUT2D eigenvalue weighted by Crippen LogP contribution is -2.05. The zero-order valence-corrected chi connectivity index (χ0v) is 10.8. The normalized spacial score (nSPS) is 12.7. The Morgan fingerprint density at radius 3 is 2.81 bits per heavy atom. The standard InChI is InChI=1S/C13H20ClNO/c1-3-4-10(2)8-16-9-11-5-6-12(15)7-13(11)14/h5-7,10H,3-4,8-9,15H2,1-2H3. The van der Waals surface area contributed by atoms with Crippen LogP contribution >= 0.6 is 11.6 Å². The van der Waals surface area contributed by atoms with E-state index < -0.39 is 0 Å². The third-order valence-corrected chi connectivity index (χ3v) is 2.87. The smallest absolute Gasteiger partial charge is 0.0731 e. The van der Waals surface area contributed by atoms with Crippen LogP contribution in [0.1, 0.15) is 32.3 Å². The molecule has 0 spiro atoms. The third kappa shape index (κ3) is 4.42. The van der Waals surface area contributed by atoms with E-state index in [-0.39, 0.29) is 0 Å². The Hall–Kier alpha value is -0.730. The van der Waals surface area contributed by atoms with Crippen LogP contribution < -0.4 is 5.73 Å². The van der Waals surface area contributed by atoms with Gasteiger partial charge in [-0.05, 0) is 30.0 Å². The van der Waals surface area contributed by atoms with E-state index in [4.69, 9.17) is 22.1 Å². The van der Waals surface area contributed by atoms with Gasteiger partial charge < -0.3 is 10.5 Å². The summed E-state index contributed by atoms with van der Waals surface area (Å²) in [5.74, 6) is 0.609. The molecule has 0 aromatic heterocycles. The predicted molar refractivity (Wildman–Crippen MR) is 69.6 cm³/mol. The Morgan fingerprint density at radius 2 is 2.19 bits per heavy atom. The second-order valence-electron chi connectivity index (χ2n) is 4.26. The minimum Gasteiger partial charge on any atom is -0.399 e. The monoisotopic (exact) mass is 241 g/mol. The van der Waals surface area contributed by atoms with Gasteiger partial charge in [-0.15, -0.1) is 0 Å². The Kier molecular flexibility index (Phi) is 5.64. The number of halogens is 1. The van der Waals surface area contributed by atoms with Crippen LogP contribution in [-0.2, 0) is 11.3 Å². The maximum Gasteiger partial charge on any atom is 0.0731 e. The molecule has 90 valence electrons. The van der Waals surface area contributed by atoms with Crippen LogP contribution in [0.5, 0.6) is 0 Å². The zero-order chi connectivity index (χ0) is 12.0. The summed E-state index contributed by atoms with van der Waals surface area (Å²) in [5, 5.41) is 0.683. The number of ether oxygens (including phenoxy) is 1. The van der Waals surface area contributed by atoms with Crippen LogP contribution in [0.3, 0.4) is 0 Å². The van der Waals surface area contributed by atoms with Crippen molar-refractivity contribution >= 4 is 17.3 Å². The van der Waals surface area contributed by atoms with Gasteiger partial charge in [-0.2, -0.15) is 0 Å². The number of nitrogen functional groups attached to an aromatic ring is 1. The first-order valence-electron chi connectivity index (χ1n) is 5.75. The number of hydrogen-bond acceptors (Lipinski definition) is 2. The van der Waals surface area contributed by atoms with Crippen LogP contribution in [0.2, 0.25) is 5.02 Å². The van der Waals surface area contributed by atoms with Crippen molar-refractivity contribution in [2.24, 2.45) is 5.92 Å². The first-order chi connectivity index (χ1) is 7.63. The van der Waals surface area contributed by atoms with E-state index in [1.807, 2.05) is 12.1 Å². The second-order valence-corrected chi connectivity index (χ2v) is 4.67. The van der Waals surface area contributed by atoms with Gasteiger partial charge in [-0.1, -0.05) is 37.9 Å². The van der Waals surface area contributed by atoms with E-state index in [0.717, 1.165) is 12.2 Å². The quantitative estimate of drug-likeness (QED) is 0.768. The molecule has 1 atom stereocenters. The van der Waals surface area contributed by atoms with Crippen LogP contribution in [0.4, 0.5) is 5.69 Å². The van der Waals surface area contributed by atoms with E-state index in [9.17, 15) is 0 Å². The van der Waals surface area contributed by atoms with E-state index in [0.29, 0.717) is 23.2 Å². The van der Waals surface area contributed by atoms with Gasteiger partial charge in [0.1, 0.15) is 0 Å². The van der Waals surface area contributed by atoms with Crippen LogP contribution in [-0.4, -0.2) is 6.61 Å². The number of rotatable bonds is 6. The molecule has 1 unspecified atom stereocenters. The Morgan fingerprint density at radius 1 is 1.44 bits per heavy atom.